The molecule has 0 aliphatic carbocycles. The summed E-state index contributed by atoms with van der Waals surface area (Å²) in [6, 6.07) is 0.497. The molecular formula is C13H26NO3P. The van der Waals surface area contributed by atoms with Crippen molar-refractivity contribution in [1.82, 2.24) is 5.32 Å². The van der Waals surface area contributed by atoms with Crippen LogP contribution < -0.4 is 5.32 Å². The maximum atomic E-state index is 12.4. The number of unbranched alkanes of at least 4 members (excludes halogenated alkanes) is 1. The van der Waals surface area contributed by atoms with Crippen molar-refractivity contribution >= 4 is 7.60 Å². The van der Waals surface area contributed by atoms with Gasteiger partial charge in [-0.05, 0) is 26.7 Å². The molecule has 0 aromatic rings. The average molecular weight is 275 g/mol. The van der Waals surface area contributed by atoms with Gasteiger partial charge in [-0.3, -0.25) is 4.57 Å². The second-order valence-corrected chi connectivity index (χ2v) is 6.61. The van der Waals surface area contributed by atoms with Gasteiger partial charge >= 0.3 is 7.60 Å². The molecule has 4 nitrogen and oxygen atoms in total. The molecule has 0 fully saturated rings. The summed E-state index contributed by atoms with van der Waals surface area (Å²) in [6.07, 6.45) is 7.14. The van der Waals surface area contributed by atoms with Crippen LogP contribution in [0.5, 0.6) is 0 Å². The quantitative estimate of drug-likeness (QED) is 0.652. The fourth-order valence-corrected chi connectivity index (χ4v) is 3.83. The first kappa shape index (κ1) is 15.7. The van der Waals surface area contributed by atoms with Crippen molar-refractivity contribution in [3.63, 3.8) is 0 Å². The van der Waals surface area contributed by atoms with Crippen molar-refractivity contribution in [2.75, 3.05) is 19.4 Å². The highest BCUT2D eigenvalue weighted by atomic mass is 31.2. The maximum Gasteiger partial charge on any atom is 0.336 e. The van der Waals surface area contributed by atoms with E-state index in [1.807, 2.05) is 13.8 Å². The second kappa shape index (κ2) is 7.98. The van der Waals surface area contributed by atoms with Crippen LogP contribution in [0.3, 0.4) is 0 Å². The van der Waals surface area contributed by atoms with Gasteiger partial charge in [0.2, 0.25) is 0 Å². The first-order chi connectivity index (χ1) is 8.63. The van der Waals surface area contributed by atoms with Gasteiger partial charge in [-0.2, -0.15) is 0 Å². The zero-order valence-electron chi connectivity index (χ0n) is 11.8. The number of nitrogens with one attached hydrogen (secondary N) is 1. The number of hydrogen-bond acceptors (Lipinski definition) is 4. The summed E-state index contributed by atoms with van der Waals surface area (Å²) in [5.41, 5.74) is 1.02. The Labute approximate surface area is 111 Å². The maximum absolute atomic E-state index is 12.4. The largest absolute Gasteiger partial charge is 0.385 e. The zero-order chi connectivity index (χ0) is 13.4. The molecule has 0 aromatic carbocycles. The summed E-state index contributed by atoms with van der Waals surface area (Å²) < 4.78 is 23.0. The minimum absolute atomic E-state index is 0.372. The molecule has 1 N–H and O–H groups in total. The Morgan fingerprint density at radius 1 is 1.33 bits per heavy atom. The van der Waals surface area contributed by atoms with Crippen molar-refractivity contribution in [2.24, 2.45) is 0 Å². The van der Waals surface area contributed by atoms with Crippen LogP contribution in [0.25, 0.3) is 0 Å². The highest BCUT2D eigenvalue weighted by molar-refractivity contribution is 7.54. The lowest BCUT2D eigenvalue weighted by molar-refractivity contribution is 0.221. The third kappa shape index (κ3) is 5.13. The second-order valence-electron chi connectivity index (χ2n) is 4.55. The molecule has 18 heavy (non-hydrogen) atoms. The lowest BCUT2D eigenvalue weighted by Gasteiger charge is -2.19. The fourth-order valence-electron chi connectivity index (χ4n) is 2.15. The summed E-state index contributed by atoms with van der Waals surface area (Å²) in [4.78, 5) is 0. The zero-order valence-corrected chi connectivity index (χ0v) is 12.7. The molecule has 1 unspecified atom stereocenters. The van der Waals surface area contributed by atoms with Gasteiger partial charge in [-0.1, -0.05) is 25.8 Å². The summed E-state index contributed by atoms with van der Waals surface area (Å²) in [5.74, 6) is 0. The topological polar surface area (TPSA) is 47.6 Å². The van der Waals surface area contributed by atoms with Gasteiger partial charge in [0.05, 0.1) is 19.4 Å². The van der Waals surface area contributed by atoms with Crippen molar-refractivity contribution in [3.05, 3.63) is 11.8 Å². The summed E-state index contributed by atoms with van der Waals surface area (Å²) in [5, 5.41) is 3.43. The Kier molecular flexibility index (Phi) is 6.98. The molecule has 0 radical (unpaired) electrons. The Morgan fingerprint density at radius 2 is 2.00 bits per heavy atom. The van der Waals surface area contributed by atoms with Crippen LogP contribution in [-0.2, 0) is 13.6 Å². The lowest BCUT2D eigenvalue weighted by Crippen LogP contribution is -2.24. The Hall–Kier alpha value is -0.310. The molecular weight excluding hydrogens is 249 g/mol. The van der Waals surface area contributed by atoms with E-state index in [1.165, 1.54) is 19.3 Å². The molecule has 0 amide bonds. The van der Waals surface area contributed by atoms with E-state index in [4.69, 9.17) is 9.05 Å². The molecule has 5 heteroatoms. The van der Waals surface area contributed by atoms with Crippen molar-refractivity contribution in [2.45, 2.75) is 52.5 Å². The van der Waals surface area contributed by atoms with Gasteiger partial charge < -0.3 is 14.4 Å². The minimum atomic E-state index is -2.95. The van der Waals surface area contributed by atoms with Gasteiger partial charge in [0.25, 0.3) is 0 Å². The molecule has 0 spiro atoms. The van der Waals surface area contributed by atoms with Gasteiger partial charge in [0, 0.05) is 11.7 Å². The molecule has 1 heterocycles. The molecule has 1 rings (SSSR count). The third-order valence-electron chi connectivity index (χ3n) is 2.96. The Balaban J connectivity index is 2.44. The van der Waals surface area contributed by atoms with Crippen LogP contribution in [0.15, 0.2) is 11.8 Å². The predicted molar refractivity (Wildman–Crippen MR) is 74.9 cm³/mol. The number of hydrogen-bond donors (Lipinski definition) is 1. The van der Waals surface area contributed by atoms with E-state index in [0.717, 1.165) is 12.1 Å². The molecule has 0 aromatic heterocycles. The summed E-state index contributed by atoms with van der Waals surface area (Å²) in [6.45, 7) is 6.72. The highest BCUT2D eigenvalue weighted by Crippen LogP contribution is 2.49. The van der Waals surface area contributed by atoms with Crippen LogP contribution in [-0.4, -0.2) is 25.4 Å². The molecule has 0 saturated heterocycles. The van der Waals surface area contributed by atoms with Gasteiger partial charge in [0.1, 0.15) is 0 Å². The van der Waals surface area contributed by atoms with E-state index in [2.05, 4.69) is 18.3 Å². The fraction of sp³-hybridized carbons (Fsp3) is 0.846. The normalized spacial score (nSPS) is 19.7. The Morgan fingerprint density at radius 3 is 2.56 bits per heavy atom. The molecule has 1 aliphatic heterocycles. The SMILES string of the molecule is CCCCC1CC=C(CP(=O)(OCC)OCC)N1. The predicted octanol–water partition coefficient (Wildman–Crippen LogP) is 3.69. The van der Waals surface area contributed by atoms with Gasteiger partial charge in [0.15, 0.2) is 0 Å². The molecule has 0 saturated carbocycles. The molecule has 1 aliphatic rings. The van der Waals surface area contributed by atoms with E-state index in [1.54, 1.807) is 0 Å². The van der Waals surface area contributed by atoms with Crippen molar-refractivity contribution < 1.29 is 13.6 Å². The van der Waals surface area contributed by atoms with E-state index in [-0.39, 0.29) is 0 Å². The highest BCUT2D eigenvalue weighted by Gasteiger charge is 2.28. The molecule has 106 valence electrons. The van der Waals surface area contributed by atoms with E-state index in [0.29, 0.717) is 25.4 Å². The lowest BCUT2D eigenvalue weighted by atomic mass is 10.1. The standard InChI is InChI=1S/C13H26NO3P/c1-4-7-8-12-9-10-13(14-12)11-18(15,16-5-2)17-6-3/h10,12,14H,4-9,11H2,1-3H3. The monoisotopic (exact) mass is 275 g/mol. The van der Waals surface area contributed by atoms with Crippen molar-refractivity contribution in [3.8, 4) is 0 Å². The van der Waals surface area contributed by atoms with Crippen LogP contribution in [0.2, 0.25) is 0 Å². The third-order valence-corrected chi connectivity index (χ3v) is 4.99. The average Bonchev–Trinajstić information content (AvgIpc) is 2.74. The van der Waals surface area contributed by atoms with E-state index >= 15 is 0 Å². The van der Waals surface area contributed by atoms with Crippen LogP contribution in [0.1, 0.15) is 46.5 Å². The summed E-state index contributed by atoms with van der Waals surface area (Å²) in [7, 11) is -2.95. The number of rotatable bonds is 9. The van der Waals surface area contributed by atoms with Crippen molar-refractivity contribution in [1.29, 1.82) is 0 Å². The number of allylic oxidation sites excluding steroid dienone is 1. The smallest absolute Gasteiger partial charge is 0.336 e. The van der Waals surface area contributed by atoms with Gasteiger partial charge in [-0.15, -0.1) is 0 Å². The van der Waals surface area contributed by atoms with Crippen LogP contribution in [0.4, 0.5) is 0 Å². The van der Waals surface area contributed by atoms with E-state index < -0.39 is 7.60 Å². The van der Waals surface area contributed by atoms with Gasteiger partial charge in [-0.25, -0.2) is 0 Å². The molecule has 0 bridgehead atoms. The minimum Gasteiger partial charge on any atom is -0.385 e. The first-order valence-corrected chi connectivity index (χ1v) is 8.70. The van der Waals surface area contributed by atoms with Crippen LogP contribution >= 0.6 is 7.60 Å². The van der Waals surface area contributed by atoms with E-state index in [9.17, 15) is 4.57 Å². The molecule has 1 atom stereocenters. The first-order valence-electron chi connectivity index (χ1n) is 6.97. The summed E-state index contributed by atoms with van der Waals surface area (Å²) >= 11 is 0. The Bertz CT molecular complexity index is 307. The van der Waals surface area contributed by atoms with Crippen LogP contribution in [0, 0.1) is 0 Å².